The maximum atomic E-state index is 12.1. The smallest absolute Gasteiger partial charge is 0.227 e. The van der Waals surface area contributed by atoms with Gasteiger partial charge in [0.1, 0.15) is 0 Å². The maximum absolute atomic E-state index is 12.1. The highest BCUT2D eigenvalue weighted by Gasteiger charge is 2.28. The number of hydrogen-bond acceptors (Lipinski definition) is 3. The van der Waals surface area contributed by atoms with Gasteiger partial charge in [-0.3, -0.25) is 9.48 Å². The maximum Gasteiger partial charge on any atom is 0.227 e. The van der Waals surface area contributed by atoms with Crippen LogP contribution in [0.2, 0.25) is 0 Å². The number of carbonyl (C=O) groups excluding carboxylic acids is 1. The molecule has 0 saturated carbocycles. The molecular formula is C16H20N4O. The van der Waals surface area contributed by atoms with Crippen LogP contribution in [-0.4, -0.2) is 28.8 Å². The van der Waals surface area contributed by atoms with Crippen molar-refractivity contribution in [1.29, 1.82) is 0 Å². The monoisotopic (exact) mass is 284 g/mol. The molecule has 0 bridgehead atoms. The van der Waals surface area contributed by atoms with Crippen molar-refractivity contribution in [3.63, 3.8) is 0 Å². The third-order valence-corrected chi connectivity index (χ3v) is 4.02. The summed E-state index contributed by atoms with van der Waals surface area (Å²) in [5.74, 6) is 0.550. The van der Waals surface area contributed by atoms with Gasteiger partial charge in [0.25, 0.3) is 0 Å². The predicted octanol–water partition coefficient (Wildman–Crippen LogP) is 1.73. The Morgan fingerprint density at radius 1 is 1.43 bits per heavy atom. The average Bonchev–Trinajstić information content (AvgIpc) is 2.85. The van der Waals surface area contributed by atoms with E-state index in [9.17, 15) is 4.79 Å². The van der Waals surface area contributed by atoms with Crippen molar-refractivity contribution in [1.82, 2.24) is 15.1 Å². The molecule has 2 heterocycles. The quantitative estimate of drug-likeness (QED) is 0.879. The molecule has 1 aliphatic rings. The Morgan fingerprint density at radius 3 is 2.86 bits per heavy atom. The van der Waals surface area contributed by atoms with Crippen molar-refractivity contribution in [3.05, 3.63) is 48.3 Å². The number of nitrogens with one attached hydrogen (secondary N) is 2. The van der Waals surface area contributed by atoms with Gasteiger partial charge in [-0.25, -0.2) is 0 Å². The van der Waals surface area contributed by atoms with Crippen LogP contribution in [0, 0.1) is 11.8 Å². The Morgan fingerprint density at radius 2 is 2.19 bits per heavy atom. The number of benzene rings is 1. The molecule has 5 heteroatoms. The summed E-state index contributed by atoms with van der Waals surface area (Å²) >= 11 is 0. The van der Waals surface area contributed by atoms with Crippen molar-refractivity contribution < 1.29 is 4.79 Å². The molecule has 1 aliphatic heterocycles. The molecule has 2 aromatic rings. The van der Waals surface area contributed by atoms with Crippen molar-refractivity contribution in [2.45, 2.75) is 13.5 Å². The highest BCUT2D eigenvalue weighted by molar-refractivity contribution is 5.92. The van der Waals surface area contributed by atoms with Crippen LogP contribution in [0.4, 0.5) is 5.69 Å². The number of anilines is 1. The Balaban J connectivity index is 1.58. The standard InChI is InChI=1S/C16H20N4O/c1-12(14-7-17-8-14)16(21)19-15-9-18-20(11-15)10-13-5-3-2-4-6-13/h2-6,9,11-12,14,17H,7-8,10H2,1H3,(H,19,21). The SMILES string of the molecule is CC(C(=O)Nc1cnn(Cc2ccccc2)c1)C1CNC1. The van der Waals surface area contributed by atoms with Crippen LogP contribution in [0.25, 0.3) is 0 Å². The molecule has 1 saturated heterocycles. The molecular weight excluding hydrogens is 264 g/mol. The molecule has 3 rings (SSSR count). The lowest BCUT2D eigenvalue weighted by Crippen LogP contribution is -2.48. The Labute approximate surface area is 124 Å². The summed E-state index contributed by atoms with van der Waals surface area (Å²) in [4.78, 5) is 12.1. The molecule has 21 heavy (non-hydrogen) atoms. The second kappa shape index (κ2) is 6.10. The van der Waals surface area contributed by atoms with Gasteiger partial charge in [-0.2, -0.15) is 5.10 Å². The lowest BCUT2D eigenvalue weighted by Gasteiger charge is -2.31. The number of carbonyl (C=O) groups is 1. The molecule has 110 valence electrons. The summed E-state index contributed by atoms with van der Waals surface area (Å²) < 4.78 is 1.83. The van der Waals surface area contributed by atoms with Gasteiger partial charge in [0.2, 0.25) is 5.91 Å². The molecule has 1 atom stereocenters. The summed E-state index contributed by atoms with van der Waals surface area (Å²) in [7, 11) is 0. The van der Waals surface area contributed by atoms with E-state index in [4.69, 9.17) is 0 Å². The first-order valence-electron chi connectivity index (χ1n) is 7.30. The van der Waals surface area contributed by atoms with E-state index in [0.29, 0.717) is 12.5 Å². The number of hydrogen-bond donors (Lipinski definition) is 2. The van der Waals surface area contributed by atoms with Gasteiger partial charge in [0, 0.05) is 12.1 Å². The zero-order chi connectivity index (χ0) is 14.7. The average molecular weight is 284 g/mol. The molecule has 5 nitrogen and oxygen atoms in total. The molecule has 1 aromatic heterocycles. The Hall–Kier alpha value is -2.14. The summed E-state index contributed by atoms with van der Waals surface area (Å²) in [6.45, 7) is 4.55. The summed E-state index contributed by atoms with van der Waals surface area (Å²) in [5, 5.41) is 10.4. The van der Waals surface area contributed by atoms with E-state index in [2.05, 4.69) is 27.9 Å². The lowest BCUT2D eigenvalue weighted by molar-refractivity contribution is -0.121. The van der Waals surface area contributed by atoms with Crippen LogP contribution in [0.15, 0.2) is 42.7 Å². The fourth-order valence-corrected chi connectivity index (χ4v) is 2.42. The Kier molecular flexibility index (Phi) is 4.01. The van der Waals surface area contributed by atoms with E-state index in [0.717, 1.165) is 18.8 Å². The van der Waals surface area contributed by atoms with E-state index in [1.807, 2.05) is 36.0 Å². The molecule has 1 amide bonds. The number of amides is 1. The molecule has 0 spiro atoms. The fraction of sp³-hybridized carbons (Fsp3) is 0.375. The Bertz CT molecular complexity index is 604. The van der Waals surface area contributed by atoms with Crippen LogP contribution < -0.4 is 10.6 Å². The van der Waals surface area contributed by atoms with Crippen molar-refractivity contribution >= 4 is 11.6 Å². The third kappa shape index (κ3) is 3.31. The minimum absolute atomic E-state index is 0.0312. The first-order valence-corrected chi connectivity index (χ1v) is 7.30. The minimum Gasteiger partial charge on any atom is -0.323 e. The van der Waals surface area contributed by atoms with Gasteiger partial charge in [0.15, 0.2) is 0 Å². The van der Waals surface area contributed by atoms with Crippen LogP contribution in [-0.2, 0) is 11.3 Å². The molecule has 0 aliphatic carbocycles. The van der Waals surface area contributed by atoms with Gasteiger partial charge in [-0.15, -0.1) is 0 Å². The van der Waals surface area contributed by atoms with Crippen molar-refractivity contribution in [2.75, 3.05) is 18.4 Å². The van der Waals surface area contributed by atoms with Crippen molar-refractivity contribution in [2.24, 2.45) is 11.8 Å². The first kappa shape index (κ1) is 13.8. The second-order valence-electron chi connectivity index (χ2n) is 5.61. The highest BCUT2D eigenvalue weighted by Crippen LogP contribution is 2.18. The van der Waals surface area contributed by atoms with Crippen LogP contribution in [0.5, 0.6) is 0 Å². The number of rotatable bonds is 5. The van der Waals surface area contributed by atoms with Gasteiger partial charge in [-0.05, 0) is 24.6 Å². The summed E-state index contributed by atoms with van der Waals surface area (Å²) in [6, 6.07) is 10.1. The van der Waals surface area contributed by atoms with E-state index < -0.39 is 0 Å². The molecule has 1 unspecified atom stereocenters. The largest absolute Gasteiger partial charge is 0.323 e. The normalized spacial score (nSPS) is 16.2. The first-order chi connectivity index (χ1) is 10.2. The zero-order valence-electron chi connectivity index (χ0n) is 12.1. The van der Waals surface area contributed by atoms with Crippen molar-refractivity contribution in [3.8, 4) is 0 Å². The third-order valence-electron chi connectivity index (χ3n) is 4.02. The van der Waals surface area contributed by atoms with Gasteiger partial charge in [-0.1, -0.05) is 37.3 Å². The van der Waals surface area contributed by atoms with Crippen LogP contribution >= 0.6 is 0 Å². The summed E-state index contributed by atoms with van der Waals surface area (Å²) in [5.41, 5.74) is 1.95. The minimum atomic E-state index is 0.0312. The molecule has 1 aromatic carbocycles. The van der Waals surface area contributed by atoms with E-state index in [-0.39, 0.29) is 11.8 Å². The van der Waals surface area contributed by atoms with Crippen LogP contribution in [0.1, 0.15) is 12.5 Å². The molecule has 1 fully saturated rings. The lowest BCUT2D eigenvalue weighted by atomic mass is 9.88. The van der Waals surface area contributed by atoms with Gasteiger partial charge in [0.05, 0.1) is 18.4 Å². The number of nitrogens with zero attached hydrogens (tertiary/aromatic N) is 2. The topological polar surface area (TPSA) is 59.0 Å². The fourth-order valence-electron chi connectivity index (χ4n) is 2.42. The van der Waals surface area contributed by atoms with Crippen LogP contribution in [0.3, 0.4) is 0 Å². The predicted molar refractivity (Wildman–Crippen MR) is 81.9 cm³/mol. The number of aromatic nitrogens is 2. The second-order valence-corrected chi connectivity index (χ2v) is 5.61. The van der Waals surface area contributed by atoms with E-state index in [1.165, 1.54) is 5.56 Å². The highest BCUT2D eigenvalue weighted by atomic mass is 16.1. The zero-order valence-corrected chi connectivity index (χ0v) is 12.1. The van der Waals surface area contributed by atoms with Gasteiger partial charge < -0.3 is 10.6 Å². The molecule has 0 radical (unpaired) electrons. The van der Waals surface area contributed by atoms with E-state index in [1.54, 1.807) is 6.20 Å². The summed E-state index contributed by atoms with van der Waals surface area (Å²) in [6.07, 6.45) is 3.57. The van der Waals surface area contributed by atoms with Gasteiger partial charge >= 0.3 is 0 Å². The molecule has 2 N–H and O–H groups in total. The van der Waals surface area contributed by atoms with E-state index >= 15 is 0 Å².